The summed E-state index contributed by atoms with van der Waals surface area (Å²) in [4.78, 5) is 16.6. The van der Waals surface area contributed by atoms with Gasteiger partial charge in [-0.05, 0) is 37.8 Å². The highest BCUT2D eigenvalue weighted by atomic mass is 16.2. The number of aryl methyl sites for hydroxylation is 1. The zero-order chi connectivity index (χ0) is 15.7. The van der Waals surface area contributed by atoms with Crippen LogP contribution in [0.2, 0.25) is 0 Å². The Kier molecular flexibility index (Phi) is 4.32. The van der Waals surface area contributed by atoms with Crippen LogP contribution < -0.4 is 4.90 Å². The predicted octanol–water partition coefficient (Wildman–Crippen LogP) is 2.32. The third-order valence-electron chi connectivity index (χ3n) is 5.23. The average Bonchev–Trinajstić information content (AvgIpc) is 3.11. The Morgan fingerprint density at radius 1 is 1.32 bits per heavy atom. The molecule has 1 unspecified atom stereocenters. The van der Waals surface area contributed by atoms with Gasteiger partial charge in [0.25, 0.3) is 0 Å². The normalized spacial score (nSPS) is 22.6. The smallest absolute Gasteiger partial charge is 0.223 e. The van der Waals surface area contributed by atoms with E-state index in [2.05, 4.69) is 40.9 Å². The van der Waals surface area contributed by atoms with Crippen molar-refractivity contribution in [3.8, 4) is 0 Å². The van der Waals surface area contributed by atoms with Crippen LogP contribution in [0, 0.1) is 19.8 Å². The number of amides is 1. The topological polar surface area (TPSA) is 49.3 Å². The summed E-state index contributed by atoms with van der Waals surface area (Å²) in [6, 6.07) is 0.503. The first-order valence-electron chi connectivity index (χ1n) is 8.35. The fourth-order valence-electron chi connectivity index (χ4n) is 3.85. The minimum absolute atomic E-state index is 0.345. The second-order valence-corrected chi connectivity index (χ2v) is 6.91. The van der Waals surface area contributed by atoms with E-state index in [1.165, 1.54) is 31.2 Å². The van der Waals surface area contributed by atoms with E-state index in [1.807, 2.05) is 0 Å². The Balaban J connectivity index is 1.64. The summed E-state index contributed by atoms with van der Waals surface area (Å²) < 4.78 is 0. The molecule has 120 valence electrons. The number of carbonyl (C=O) groups is 1. The van der Waals surface area contributed by atoms with Crippen LogP contribution in [0.4, 0.5) is 5.82 Å². The molecule has 1 atom stereocenters. The van der Waals surface area contributed by atoms with Gasteiger partial charge in [0.1, 0.15) is 0 Å². The number of anilines is 1. The summed E-state index contributed by atoms with van der Waals surface area (Å²) in [6.07, 6.45) is 7.41. The van der Waals surface area contributed by atoms with Crippen molar-refractivity contribution in [2.24, 2.45) is 5.92 Å². The molecule has 5 heteroatoms. The molecule has 0 bridgehead atoms. The standard InChI is InChI=1S/C17H26N4O/c1-12-9-18-19-17(13(12)2)20(3)10-14-8-16(22)21(11-14)15-6-4-5-7-15/h9,14-15H,4-8,10-11H2,1-3H3. The highest BCUT2D eigenvalue weighted by Gasteiger charge is 2.35. The van der Waals surface area contributed by atoms with Gasteiger partial charge in [-0.3, -0.25) is 4.79 Å². The van der Waals surface area contributed by atoms with Gasteiger partial charge in [-0.2, -0.15) is 5.10 Å². The Morgan fingerprint density at radius 3 is 2.77 bits per heavy atom. The van der Waals surface area contributed by atoms with E-state index in [4.69, 9.17) is 0 Å². The second kappa shape index (κ2) is 6.23. The van der Waals surface area contributed by atoms with Gasteiger partial charge >= 0.3 is 0 Å². The van der Waals surface area contributed by atoms with E-state index in [-0.39, 0.29) is 0 Å². The highest BCUT2D eigenvalue weighted by molar-refractivity contribution is 5.79. The van der Waals surface area contributed by atoms with Crippen molar-refractivity contribution < 1.29 is 4.79 Å². The second-order valence-electron chi connectivity index (χ2n) is 6.91. The summed E-state index contributed by atoms with van der Waals surface area (Å²) in [5, 5.41) is 8.34. The number of aromatic nitrogens is 2. The van der Waals surface area contributed by atoms with E-state index < -0.39 is 0 Å². The Hall–Kier alpha value is -1.65. The maximum absolute atomic E-state index is 12.3. The highest BCUT2D eigenvalue weighted by Crippen LogP contribution is 2.30. The first-order chi connectivity index (χ1) is 10.6. The SMILES string of the molecule is Cc1cnnc(N(C)CC2CC(=O)N(C3CCCC3)C2)c1C. The summed E-state index contributed by atoms with van der Waals surface area (Å²) in [5.41, 5.74) is 2.33. The molecule has 0 N–H and O–H groups in total. The molecular formula is C17H26N4O. The lowest BCUT2D eigenvalue weighted by Crippen LogP contribution is -2.35. The van der Waals surface area contributed by atoms with Crippen molar-refractivity contribution in [2.45, 2.75) is 52.0 Å². The first-order valence-corrected chi connectivity index (χ1v) is 8.35. The zero-order valence-corrected chi connectivity index (χ0v) is 13.9. The summed E-state index contributed by atoms with van der Waals surface area (Å²) >= 11 is 0. The number of hydrogen-bond donors (Lipinski definition) is 0. The lowest BCUT2D eigenvalue weighted by Gasteiger charge is -2.26. The molecule has 1 amide bonds. The van der Waals surface area contributed by atoms with Crippen LogP contribution in [-0.4, -0.2) is 47.2 Å². The molecule has 1 aromatic heterocycles. The molecule has 1 aliphatic heterocycles. The van der Waals surface area contributed by atoms with Crippen LogP contribution in [0.15, 0.2) is 6.20 Å². The van der Waals surface area contributed by atoms with Gasteiger partial charge < -0.3 is 9.80 Å². The Morgan fingerprint density at radius 2 is 2.05 bits per heavy atom. The van der Waals surface area contributed by atoms with Crippen LogP contribution in [0.5, 0.6) is 0 Å². The third kappa shape index (κ3) is 2.94. The van der Waals surface area contributed by atoms with Gasteiger partial charge in [0, 0.05) is 38.5 Å². The lowest BCUT2D eigenvalue weighted by molar-refractivity contribution is -0.129. The van der Waals surface area contributed by atoms with E-state index in [0.29, 0.717) is 24.3 Å². The number of nitrogens with zero attached hydrogens (tertiary/aromatic N) is 4. The number of rotatable bonds is 4. The fourth-order valence-corrected chi connectivity index (χ4v) is 3.85. The van der Waals surface area contributed by atoms with Crippen molar-refractivity contribution in [1.82, 2.24) is 15.1 Å². The van der Waals surface area contributed by atoms with E-state index in [1.54, 1.807) is 6.20 Å². The summed E-state index contributed by atoms with van der Waals surface area (Å²) in [5.74, 6) is 1.68. The van der Waals surface area contributed by atoms with Gasteiger partial charge in [-0.15, -0.1) is 5.10 Å². The molecule has 3 rings (SSSR count). The Bertz CT molecular complexity index is 554. The minimum atomic E-state index is 0.345. The molecule has 1 aliphatic carbocycles. The summed E-state index contributed by atoms with van der Waals surface area (Å²) in [6.45, 7) is 5.92. The number of likely N-dealkylation sites (tertiary alicyclic amines) is 1. The van der Waals surface area contributed by atoms with Crippen LogP contribution in [-0.2, 0) is 4.79 Å². The molecular weight excluding hydrogens is 276 g/mol. The van der Waals surface area contributed by atoms with Crippen molar-refractivity contribution in [3.05, 3.63) is 17.3 Å². The van der Waals surface area contributed by atoms with Crippen LogP contribution in [0.1, 0.15) is 43.2 Å². The lowest BCUT2D eigenvalue weighted by atomic mass is 10.1. The fraction of sp³-hybridized carbons (Fsp3) is 0.706. The molecule has 1 aromatic rings. The molecule has 5 nitrogen and oxygen atoms in total. The van der Waals surface area contributed by atoms with Crippen LogP contribution in [0.25, 0.3) is 0 Å². The quantitative estimate of drug-likeness (QED) is 0.856. The third-order valence-corrected chi connectivity index (χ3v) is 5.23. The first kappa shape index (κ1) is 15.3. The molecule has 1 saturated heterocycles. The molecule has 2 aliphatic rings. The van der Waals surface area contributed by atoms with Crippen molar-refractivity contribution in [1.29, 1.82) is 0 Å². The van der Waals surface area contributed by atoms with Gasteiger partial charge in [-0.25, -0.2) is 0 Å². The molecule has 22 heavy (non-hydrogen) atoms. The van der Waals surface area contributed by atoms with Crippen molar-refractivity contribution >= 4 is 11.7 Å². The number of carbonyl (C=O) groups excluding carboxylic acids is 1. The largest absolute Gasteiger partial charge is 0.358 e. The van der Waals surface area contributed by atoms with E-state index in [9.17, 15) is 4.79 Å². The minimum Gasteiger partial charge on any atom is -0.358 e. The van der Waals surface area contributed by atoms with Gasteiger partial charge in [-0.1, -0.05) is 12.8 Å². The van der Waals surface area contributed by atoms with Crippen LogP contribution in [0.3, 0.4) is 0 Å². The van der Waals surface area contributed by atoms with Crippen molar-refractivity contribution in [2.75, 3.05) is 25.0 Å². The van der Waals surface area contributed by atoms with Gasteiger partial charge in [0.15, 0.2) is 5.82 Å². The van der Waals surface area contributed by atoms with Crippen molar-refractivity contribution in [3.63, 3.8) is 0 Å². The Labute approximate surface area is 132 Å². The van der Waals surface area contributed by atoms with Gasteiger partial charge in [0.05, 0.1) is 6.20 Å². The maximum Gasteiger partial charge on any atom is 0.223 e. The molecule has 2 fully saturated rings. The molecule has 0 radical (unpaired) electrons. The number of hydrogen-bond acceptors (Lipinski definition) is 4. The molecule has 0 spiro atoms. The van der Waals surface area contributed by atoms with Gasteiger partial charge in [0.2, 0.25) is 5.91 Å². The summed E-state index contributed by atoms with van der Waals surface area (Å²) in [7, 11) is 2.05. The zero-order valence-electron chi connectivity index (χ0n) is 13.9. The predicted molar refractivity (Wildman–Crippen MR) is 86.9 cm³/mol. The van der Waals surface area contributed by atoms with Crippen LogP contribution >= 0.6 is 0 Å². The monoisotopic (exact) mass is 302 g/mol. The van der Waals surface area contributed by atoms with E-state index >= 15 is 0 Å². The average molecular weight is 302 g/mol. The molecule has 1 saturated carbocycles. The molecule has 0 aromatic carbocycles. The molecule has 2 heterocycles. The maximum atomic E-state index is 12.3. The van der Waals surface area contributed by atoms with E-state index in [0.717, 1.165) is 24.5 Å².